The van der Waals surface area contributed by atoms with Gasteiger partial charge in [-0.25, -0.2) is 0 Å². The van der Waals surface area contributed by atoms with Crippen LogP contribution in [-0.2, 0) is 9.59 Å². The van der Waals surface area contributed by atoms with Crippen LogP contribution in [0.15, 0.2) is 24.3 Å². The van der Waals surface area contributed by atoms with E-state index in [1.54, 1.807) is 13.8 Å². The summed E-state index contributed by atoms with van der Waals surface area (Å²) in [6.45, 7) is 7.84. The molecule has 4 rings (SSSR count). The third-order valence-corrected chi connectivity index (χ3v) is 8.49. The van der Waals surface area contributed by atoms with Crippen LogP contribution in [-0.4, -0.2) is 35.1 Å². The molecule has 0 heterocycles. The number of hydrogen-bond donors (Lipinski definition) is 3. The van der Waals surface area contributed by atoms with E-state index in [2.05, 4.69) is 42.7 Å². The van der Waals surface area contributed by atoms with E-state index in [1.807, 2.05) is 6.08 Å². The lowest BCUT2D eigenvalue weighted by atomic mass is 9.45. The maximum absolute atomic E-state index is 12.0. The van der Waals surface area contributed by atoms with E-state index in [0.717, 1.165) is 25.7 Å². The first-order chi connectivity index (χ1) is 13.1. The molecule has 0 spiro atoms. The third kappa shape index (κ3) is 2.94. The van der Waals surface area contributed by atoms with Gasteiger partial charge in [0.05, 0.1) is 12.1 Å². The van der Waals surface area contributed by atoms with Gasteiger partial charge >= 0.3 is 0 Å². The third-order valence-electron chi connectivity index (χ3n) is 8.49. The predicted molar refractivity (Wildman–Crippen MR) is 108 cm³/mol. The lowest BCUT2D eigenvalue weighted by molar-refractivity contribution is -0.127. The molecule has 2 saturated carbocycles. The quantitative estimate of drug-likeness (QED) is 0.638. The number of rotatable bonds is 2. The molecule has 5 heteroatoms. The first kappa shape index (κ1) is 19.7. The summed E-state index contributed by atoms with van der Waals surface area (Å²) in [6, 6.07) is 0.174. The maximum atomic E-state index is 12.0. The highest BCUT2D eigenvalue weighted by Gasteiger charge is 2.61. The molecule has 154 valence electrons. The van der Waals surface area contributed by atoms with Crippen molar-refractivity contribution >= 4 is 11.8 Å². The summed E-state index contributed by atoms with van der Waals surface area (Å²) < 4.78 is 0. The highest BCUT2D eigenvalue weighted by Crippen LogP contribution is 2.63. The summed E-state index contributed by atoms with van der Waals surface area (Å²) in [5.74, 6) is 1.55. The largest absolute Gasteiger partial charge is 0.389 e. The number of fused-ring (bicyclic) bond motifs is 5. The van der Waals surface area contributed by atoms with Gasteiger partial charge in [-0.15, -0.1) is 0 Å². The van der Waals surface area contributed by atoms with Crippen molar-refractivity contribution in [2.24, 2.45) is 34.5 Å². The van der Waals surface area contributed by atoms with Crippen LogP contribution in [0.2, 0.25) is 0 Å². The van der Waals surface area contributed by atoms with Crippen molar-refractivity contribution in [3.05, 3.63) is 24.3 Å². The number of aliphatic hydroxyl groups is 1. The first-order valence-corrected chi connectivity index (χ1v) is 10.7. The molecule has 0 aromatic rings. The Kier molecular flexibility index (Phi) is 4.72. The summed E-state index contributed by atoms with van der Waals surface area (Å²) >= 11 is 0. The Bertz CT molecular complexity index is 731. The lowest BCUT2D eigenvalue weighted by Gasteiger charge is -2.61. The van der Waals surface area contributed by atoms with Gasteiger partial charge in [0.2, 0.25) is 11.8 Å². The molecule has 28 heavy (non-hydrogen) atoms. The molecule has 0 radical (unpaired) electrons. The zero-order valence-electron chi connectivity index (χ0n) is 17.4. The van der Waals surface area contributed by atoms with E-state index in [1.165, 1.54) is 0 Å². The molecule has 4 aliphatic carbocycles. The SMILES string of the molecule is CC(=O)N[C@H]1C[C@@H]2C[C@@H](O)C=C[C@]2(C)[C@H]2CC[C@]3(C)[C@@H](NC(C)=O)C=C[C@H]3[C@H]12. The normalized spacial score (nSPS) is 49.0. The van der Waals surface area contributed by atoms with Crippen LogP contribution in [0.4, 0.5) is 0 Å². The molecular formula is C23H34N2O3. The van der Waals surface area contributed by atoms with Crippen LogP contribution in [0.5, 0.6) is 0 Å². The number of hydrogen-bond acceptors (Lipinski definition) is 3. The molecule has 0 aromatic heterocycles. The second-order valence-corrected chi connectivity index (χ2v) is 10.1. The highest BCUT2D eigenvalue weighted by molar-refractivity contribution is 5.74. The van der Waals surface area contributed by atoms with Gasteiger partial charge in [0.15, 0.2) is 0 Å². The molecule has 9 atom stereocenters. The number of carbonyl (C=O) groups is 2. The van der Waals surface area contributed by atoms with Crippen molar-refractivity contribution < 1.29 is 14.7 Å². The van der Waals surface area contributed by atoms with Gasteiger partial charge in [-0.1, -0.05) is 38.2 Å². The number of nitrogens with one attached hydrogen (secondary N) is 2. The van der Waals surface area contributed by atoms with Crippen molar-refractivity contribution in [1.82, 2.24) is 10.6 Å². The smallest absolute Gasteiger partial charge is 0.217 e. The molecule has 5 nitrogen and oxygen atoms in total. The van der Waals surface area contributed by atoms with Crippen molar-refractivity contribution in [2.45, 2.75) is 71.6 Å². The summed E-state index contributed by atoms with van der Waals surface area (Å²) in [7, 11) is 0. The minimum atomic E-state index is -0.378. The summed E-state index contributed by atoms with van der Waals surface area (Å²) in [6.07, 6.45) is 12.2. The van der Waals surface area contributed by atoms with Gasteiger partial charge < -0.3 is 15.7 Å². The van der Waals surface area contributed by atoms with Crippen LogP contribution in [0.1, 0.15) is 53.4 Å². The van der Waals surface area contributed by atoms with E-state index < -0.39 is 0 Å². The Balaban J connectivity index is 1.71. The van der Waals surface area contributed by atoms with Crippen molar-refractivity contribution in [1.29, 1.82) is 0 Å². The maximum Gasteiger partial charge on any atom is 0.217 e. The Morgan fingerprint density at radius 2 is 1.75 bits per heavy atom. The molecule has 0 aromatic carbocycles. The van der Waals surface area contributed by atoms with Gasteiger partial charge in [0.25, 0.3) is 0 Å². The Morgan fingerprint density at radius 1 is 1.04 bits per heavy atom. The molecule has 0 bridgehead atoms. The molecule has 4 aliphatic rings. The van der Waals surface area contributed by atoms with E-state index in [4.69, 9.17) is 0 Å². The van der Waals surface area contributed by atoms with E-state index >= 15 is 0 Å². The Morgan fingerprint density at radius 3 is 2.43 bits per heavy atom. The number of aliphatic hydroxyl groups excluding tert-OH is 1. The molecule has 2 fully saturated rings. The van der Waals surface area contributed by atoms with Crippen molar-refractivity contribution in [2.75, 3.05) is 0 Å². The molecule has 3 N–H and O–H groups in total. The molecule has 0 aliphatic heterocycles. The van der Waals surface area contributed by atoms with Gasteiger partial charge in [-0.2, -0.15) is 0 Å². The van der Waals surface area contributed by atoms with Gasteiger partial charge in [-0.3, -0.25) is 9.59 Å². The fourth-order valence-corrected chi connectivity index (χ4v) is 7.10. The van der Waals surface area contributed by atoms with Crippen molar-refractivity contribution in [3.63, 3.8) is 0 Å². The average Bonchev–Trinajstić information content (AvgIpc) is 2.92. The number of amides is 2. The molecular weight excluding hydrogens is 352 g/mol. The first-order valence-electron chi connectivity index (χ1n) is 10.7. The zero-order valence-corrected chi connectivity index (χ0v) is 17.4. The molecule has 2 amide bonds. The topological polar surface area (TPSA) is 78.4 Å². The minimum Gasteiger partial charge on any atom is -0.389 e. The van der Waals surface area contributed by atoms with Gasteiger partial charge in [0, 0.05) is 19.9 Å². The van der Waals surface area contributed by atoms with Crippen LogP contribution >= 0.6 is 0 Å². The minimum absolute atomic E-state index is 0.00928. The fourth-order valence-electron chi connectivity index (χ4n) is 7.10. The number of allylic oxidation sites excluding steroid dienone is 2. The standard InChI is InChI=1S/C23H34N2O3/c1-13(26)24-19-12-15-11-16(28)7-9-22(15,3)18-8-10-23(4)17(21(18)19)5-6-20(23)25-14(2)27/h5-7,9,15-21,28H,8,10-12H2,1-4H3,(H,24,26)(H,25,27)/t15-,16-,17-,18-,19-,20-,21-,22-,23-/m0/s1. The van der Waals surface area contributed by atoms with E-state index in [0.29, 0.717) is 23.7 Å². The molecule has 0 unspecified atom stereocenters. The van der Waals surface area contributed by atoms with E-state index in [9.17, 15) is 14.7 Å². The Labute approximate surface area is 168 Å². The van der Waals surface area contributed by atoms with Gasteiger partial charge in [-0.05, 0) is 60.2 Å². The van der Waals surface area contributed by atoms with Gasteiger partial charge in [0.1, 0.15) is 0 Å². The predicted octanol–water partition coefficient (Wildman–Crippen LogP) is 2.56. The second-order valence-electron chi connectivity index (χ2n) is 10.1. The lowest BCUT2D eigenvalue weighted by Crippen LogP contribution is -2.62. The summed E-state index contributed by atoms with van der Waals surface area (Å²) in [5, 5.41) is 16.6. The summed E-state index contributed by atoms with van der Waals surface area (Å²) in [5.41, 5.74) is 0.0464. The second kappa shape index (κ2) is 6.72. The van der Waals surface area contributed by atoms with Crippen LogP contribution in [0.3, 0.4) is 0 Å². The summed E-state index contributed by atoms with van der Waals surface area (Å²) in [4.78, 5) is 23.8. The van der Waals surface area contributed by atoms with Crippen LogP contribution in [0.25, 0.3) is 0 Å². The van der Waals surface area contributed by atoms with Crippen LogP contribution < -0.4 is 10.6 Å². The molecule has 0 saturated heterocycles. The fraction of sp³-hybridized carbons (Fsp3) is 0.739. The van der Waals surface area contributed by atoms with E-state index in [-0.39, 0.29) is 40.8 Å². The van der Waals surface area contributed by atoms with Crippen molar-refractivity contribution in [3.8, 4) is 0 Å². The highest BCUT2D eigenvalue weighted by atomic mass is 16.3. The monoisotopic (exact) mass is 386 g/mol. The zero-order chi connectivity index (χ0) is 20.3. The van der Waals surface area contributed by atoms with Crippen LogP contribution in [0, 0.1) is 34.5 Å². The average molecular weight is 387 g/mol. The Hall–Kier alpha value is -1.62. The number of carbonyl (C=O) groups excluding carboxylic acids is 2.